The fourth-order valence-electron chi connectivity index (χ4n) is 3.51. The molecule has 0 saturated carbocycles. The number of rotatable bonds is 16. The van der Waals surface area contributed by atoms with E-state index in [-0.39, 0.29) is 11.8 Å². The molecular formula is C30H46O6Si. The van der Waals surface area contributed by atoms with Crippen molar-refractivity contribution in [2.24, 2.45) is 0 Å². The molecule has 0 aliphatic rings. The summed E-state index contributed by atoms with van der Waals surface area (Å²) in [5.41, 5.74) is 2.05. The van der Waals surface area contributed by atoms with Crippen molar-refractivity contribution in [3.63, 3.8) is 0 Å². The van der Waals surface area contributed by atoms with Crippen LogP contribution in [0.5, 0.6) is 0 Å². The Labute approximate surface area is 224 Å². The van der Waals surface area contributed by atoms with Gasteiger partial charge in [0.05, 0.1) is 19.8 Å². The minimum atomic E-state index is -2.09. The van der Waals surface area contributed by atoms with E-state index in [1.54, 1.807) is 7.11 Å². The van der Waals surface area contributed by atoms with Crippen LogP contribution in [-0.2, 0) is 36.6 Å². The van der Waals surface area contributed by atoms with Crippen LogP contribution >= 0.6 is 0 Å². The predicted octanol–water partition coefficient (Wildman–Crippen LogP) is 6.11. The van der Waals surface area contributed by atoms with E-state index in [4.69, 9.17) is 23.4 Å². The molecule has 0 unspecified atom stereocenters. The Hall–Kier alpha value is -1.84. The standard InChI is InChI=1S/C30H46O6Si/c1-8-15-26(35-23-32-5)28(31)29(34-21-25-18-13-10-14-19-25)27(22-36-37(6,7)30(2,3)4)33-20-24-16-11-9-12-17-24/h8-19,26-29,31H,20-23H2,1-7H3/b15-8+/t26-,27+,28+,29+/m0/s1. The molecule has 0 heterocycles. The Balaban J connectivity index is 2.36. The van der Waals surface area contributed by atoms with Crippen LogP contribution in [0.15, 0.2) is 72.8 Å². The van der Waals surface area contributed by atoms with Crippen LogP contribution in [0.1, 0.15) is 38.8 Å². The van der Waals surface area contributed by atoms with Gasteiger partial charge in [0.15, 0.2) is 8.32 Å². The zero-order valence-electron chi connectivity index (χ0n) is 23.6. The Morgan fingerprint density at radius 2 is 1.41 bits per heavy atom. The minimum absolute atomic E-state index is 0.0328. The van der Waals surface area contributed by atoms with Gasteiger partial charge >= 0.3 is 0 Å². The predicted molar refractivity (Wildman–Crippen MR) is 151 cm³/mol. The normalized spacial score (nSPS) is 16.0. The number of hydrogen-bond acceptors (Lipinski definition) is 6. The molecule has 0 aromatic heterocycles. The lowest BCUT2D eigenvalue weighted by Crippen LogP contribution is -2.51. The largest absolute Gasteiger partial charge is 0.414 e. The fourth-order valence-corrected chi connectivity index (χ4v) is 4.52. The highest BCUT2D eigenvalue weighted by atomic mass is 28.4. The first-order valence-corrected chi connectivity index (χ1v) is 15.9. The third-order valence-electron chi connectivity index (χ3n) is 6.81. The van der Waals surface area contributed by atoms with Gasteiger partial charge in [-0.05, 0) is 36.2 Å². The molecule has 0 amide bonds. The van der Waals surface area contributed by atoms with Gasteiger partial charge in [-0.15, -0.1) is 0 Å². The maximum absolute atomic E-state index is 11.6. The Kier molecular flexibility index (Phi) is 13.2. The summed E-state index contributed by atoms with van der Waals surface area (Å²) in [5, 5.41) is 11.6. The van der Waals surface area contributed by atoms with Gasteiger partial charge in [-0.1, -0.05) is 93.6 Å². The first kappa shape index (κ1) is 31.4. The summed E-state index contributed by atoms with van der Waals surface area (Å²) in [7, 11) is -0.532. The molecule has 0 radical (unpaired) electrons. The van der Waals surface area contributed by atoms with Gasteiger partial charge in [0.1, 0.15) is 31.2 Å². The summed E-state index contributed by atoms with van der Waals surface area (Å²) in [6, 6.07) is 19.9. The number of allylic oxidation sites excluding steroid dienone is 1. The van der Waals surface area contributed by atoms with Crippen LogP contribution in [0, 0.1) is 0 Å². The third-order valence-corrected chi connectivity index (χ3v) is 11.3. The van der Waals surface area contributed by atoms with Gasteiger partial charge in [0.2, 0.25) is 0 Å². The summed E-state index contributed by atoms with van der Waals surface area (Å²) in [4.78, 5) is 0. The van der Waals surface area contributed by atoms with Crippen LogP contribution in [0.2, 0.25) is 18.1 Å². The van der Waals surface area contributed by atoms with Crippen molar-refractivity contribution in [1.29, 1.82) is 0 Å². The molecule has 1 N–H and O–H groups in total. The lowest BCUT2D eigenvalue weighted by Gasteiger charge is -2.39. The second-order valence-corrected chi connectivity index (χ2v) is 15.5. The number of benzene rings is 2. The first-order chi connectivity index (χ1) is 17.6. The zero-order chi connectivity index (χ0) is 27.3. The van der Waals surface area contributed by atoms with Crippen molar-refractivity contribution in [2.75, 3.05) is 20.5 Å². The minimum Gasteiger partial charge on any atom is -0.414 e. The van der Waals surface area contributed by atoms with Gasteiger partial charge in [0.25, 0.3) is 0 Å². The van der Waals surface area contributed by atoms with Crippen molar-refractivity contribution in [2.45, 2.75) is 83.5 Å². The molecular weight excluding hydrogens is 484 g/mol. The maximum Gasteiger partial charge on any atom is 0.192 e. The monoisotopic (exact) mass is 530 g/mol. The highest BCUT2D eigenvalue weighted by Gasteiger charge is 2.41. The second-order valence-electron chi connectivity index (χ2n) is 10.7. The average Bonchev–Trinajstić information content (AvgIpc) is 2.88. The SMILES string of the molecule is C/C=C/[C@H](OCOC)[C@@H](O)[C@H](OCc1ccccc1)[C@@H](CO[Si](C)(C)C(C)(C)C)OCc1ccccc1. The Morgan fingerprint density at radius 1 is 0.865 bits per heavy atom. The van der Waals surface area contributed by atoms with Gasteiger partial charge in [-0.2, -0.15) is 0 Å². The van der Waals surface area contributed by atoms with Crippen molar-refractivity contribution < 1.29 is 28.5 Å². The van der Waals surface area contributed by atoms with E-state index in [0.717, 1.165) is 11.1 Å². The quantitative estimate of drug-likeness (QED) is 0.161. The maximum atomic E-state index is 11.6. The summed E-state index contributed by atoms with van der Waals surface area (Å²) in [6.07, 6.45) is 0.758. The molecule has 0 aliphatic heterocycles. The molecule has 2 rings (SSSR count). The molecule has 206 valence electrons. The zero-order valence-corrected chi connectivity index (χ0v) is 24.6. The lowest BCUT2D eigenvalue weighted by molar-refractivity contribution is -0.178. The van der Waals surface area contributed by atoms with E-state index in [1.165, 1.54) is 0 Å². The molecule has 0 saturated heterocycles. The van der Waals surface area contributed by atoms with Gasteiger partial charge in [0, 0.05) is 7.11 Å². The molecule has 0 spiro atoms. The van der Waals surface area contributed by atoms with Crippen molar-refractivity contribution in [3.05, 3.63) is 83.9 Å². The topological polar surface area (TPSA) is 66.4 Å². The molecule has 0 fully saturated rings. The van der Waals surface area contributed by atoms with Crippen LogP contribution in [0.3, 0.4) is 0 Å². The molecule has 2 aromatic carbocycles. The van der Waals surface area contributed by atoms with E-state index in [0.29, 0.717) is 19.8 Å². The van der Waals surface area contributed by atoms with Gasteiger partial charge in [-0.3, -0.25) is 0 Å². The van der Waals surface area contributed by atoms with Crippen LogP contribution in [0.25, 0.3) is 0 Å². The third kappa shape index (κ3) is 10.4. The number of aliphatic hydroxyl groups excluding tert-OH is 1. The number of aliphatic hydroxyl groups is 1. The van der Waals surface area contributed by atoms with Gasteiger partial charge in [-0.25, -0.2) is 0 Å². The molecule has 4 atom stereocenters. The van der Waals surface area contributed by atoms with Gasteiger partial charge < -0.3 is 28.5 Å². The van der Waals surface area contributed by atoms with E-state index in [2.05, 4.69) is 33.9 Å². The second kappa shape index (κ2) is 15.5. The number of hydrogen-bond donors (Lipinski definition) is 1. The molecule has 2 aromatic rings. The summed E-state index contributed by atoms with van der Waals surface area (Å²) in [6.45, 7) is 14.0. The first-order valence-electron chi connectivity index (χ1n) is 13.0. The van der Waals surface area contributed by atoms with Crippen molar-refractivity contribution >= 4 is 8.32 Å². The van der Waals surface area contributed by atoms with E-state index >= 15 is 0 Å². The highest BCUT2D eigenvalue weighted by molar-refractivity contribution is 6.74. The Bertz CT molecular complexity index is 897. The lowest BCUT2D eigenvalue weighted by atomic mass is 10.0. The van der Waals surface area contributed by atoms with E-state index < -0.39 is 32.7 Å². The molecule has 37 heavy (non-hydrogen) atoms. The van der Waals surface area contributed by atoms with Crippen molar-refractivity contribution in [1.82, 2.24) is 0 Å². The number of methoxy groups -OCH3 is 1. The van der Waals surface area contributed by atoms with Crippen molar-refractivity contribution in [3.8, 4) is 0 Å². The summed E-state index contributed by atoms with van der Waals surface area (Å²) >= 11 is 0. The molecule has 7 heteroatoms. The average molecular weight is 531 g/mol. The molecule has 6 nitrogen and oxygen atoms in total. The Morgan fingerprint density at radius 3 is 1.89 bits per heavy atom. The van der Waals surface area contributed by atoms with E-state index in [1.807, 2.05) is 79.7 Å². The molecule has 0 bridgehead atoms. The smallest absolute Gasteiger partial charge is 0.192 e. The fraction of sp³-hybridized carbons (Fsp3) is 0.533. The number of ether oxygens (including phenoxy) is 4. The summed E-state index contributed by atoms with van der Waals surface area (Å²) < 4.78 is 30.4. The van der Waals surface area contributed by atoms with E-state index in [9.17, 15) is 5.11 Å². The summed E-state index contributed by atoms with van der Waals surface area (Å²) in [5.74, 6) is 0. The molecule has 0 aliphatic carbocycles. The highest BCUT2D eigenvalue weighted by Crippen LogP contribution is 2.37. The van der Waals surface area contributed by atoms with Crippen LogP contribution in [0.4, 0.5) is 0 Å². The van der Waals surface area contributed by atoms with Crippen LogP contribution in [-0.4, -0.2) is 58.3 Å². The van der Waals surface area contributed by atoms with Crippen LogP contribution < -0.4 is 0 Å².